The molecule has 1 aliphatic heterocycles. The zero-order chi connectivity index (χ0) is 38.5. The smallest absolute Gasteiger partial charge is 0.200 e. The van der Waals surface area contributed by atoms with E-state index >= 15 is 35.1 Å². The number of hydrogen-bond acceptors (Lipinski definition) is 0. The molecule has 0 N–H and O–H groups in total. The Balaban J connectivity index is 2.03. The summed E-state index contributed by atoms with van der Waals surface area (Å²) in [4.78, 5) is 0. The molecule has 1 aliphatic rings. The van der Waals surface area contributed by atoms with Crippen LogP contribution in [-0.2, 0) is 0 Å². The quantitative estimate of drug-likeness (QED) is 0.0858. The molecule has 0 radical (unpaired) electrons. The lowest BCUT2D eigenvalue weighted by atomic mass is 9.16. The van der Waals surface area contributed by atoms with E-state index in [1.165, 1.54) is 0 Å². The van der Waals surface area contributed by atoms with Crippen molar-refractivity contribution in [3.8, 4) is 0 Å². The van der Waals surface area contributed by atoms with Gasteiger partial charge in [-0.3, -0.25) is 0 Å². The molecule has 0 nitrogen and oxygen atoms in total. The fourth-order valence-corrected chi connectivity index (χ4v) is 7.32. The topological polar surface area (TPSA) is 0 Å². The fourth-order valence-electron chi connectivity index (χ4n) is 7.32. The van der Waals surface area contributed by atoms with Gasteiger partial charge in [0.05, 0.1) is 0 Å². The molecule has 51 heavy (non-hydrogen) atoms. The maximum Gasteiger partial charge on any atom is 0.200 e. The molecule has 1 saturated heterocycles. The molecule has 0 spiro atoms. The zero-order valence-electron chi connectivity index (χ0n) is 24.3. The second-order valence-corrected chi connectivity index (χ2v) is 11.7. The summed E-state index contributed by atoms with van der Waals surface area (Å²) < 4.78 is 295. The van der Waals surface area contributed by atoms with Gasteiger partial charge in [-0.2, -0.15) is 5.72 Å². The highest BCUT2D eigenvalue weighted by Crippen LogP contribution is 2.49. The molecule has 22 heteroatoms. The molecule has 4 atom stereocenters. The van der Waals surface area contributed by atoms with Crippen LogP contribution in [0.3, 0.4) is 0 Å². The standard InChI is InChI=1S/C29H9B2F20/c1-3-2-4(31(8-14(36)22(44)28(50)23(45)15(8)37)9-16(38)24(46)29(51)25(47)17(9)39)30(7-12(34)20(42)27(49)21(43)13(7)35)6(3)5-10(32)18(40)26(48)19(41)11(5)33/h3-4,6,30H,2H2,1H3/q-1/t3-,4+,6-,30-/m0/s1. The summed E-state index contributed by atoms with van der Waals surface area (Å²) in [6.07, 6.45) is -1.44. The van der Waals surface area contributed by atoms with E-state index in [9.17, 15) is 52.7 Å². The molecule has 0 saturated carbocycles. The highest BCUT2D eigenvalue weighted by molar-refractivity contribution is 6.99. The average Bonchev–Trinajstić information content (AvgIpc) is 3.42. The molecular weight excluding hydrogens is 750 g/mol. The minimum Gasteiger partial charge on any atom is -0.207 e. The van der Waals surface area contributed by atoms with Crippen LogP contribution < -0.4 is 16.4 Å². The van der Waals surface area contributed by atoms with Crippen LogP contribution in [0.1, 0.15) is 24.7 Å². The summed E-state index contributed by atoms with van der Waals surface area (Å²) >= 11 is 0. The van der Waals surface area contributed by atoms with Gasteiger partial charge in [-0.15, -0.1) is 11.3 Å². The Labute approximate surface area is 270 Å². The molecular formula is C29H9B2F20-. The van der Waals surface area contributed by atoms with Gasteiger partial charge < -0.3 is 0 Å². The molecule has 0 bridgehead atoms. The third kappa shape index (κ3) is 5.33. The summed E-state index contributed by atoms with van der Waals surface area (Å²) in [5.41, 5.74) is -12.4. The Hall–Kier alpha value is -4.39. The monoisotopic (exact) mass is 759 g/mol. The van der Waals surface area contributed by atoms with Crippen LogP contribution in [0.2, 0.25) is 5.72 Å². The van der Waals surface area contributed by atoms with E-state index < -0.39 is 176 Å². The van der Waals surface area contributed by atoms with E-state index in [2.05, 4.69) is 0 Å². The van der Waals surface area contributed by atoms with E-state index in [4.69, 9.17) is 0 Å². The van der Waals surface area contributed by atoms with Gasteiger partial charge >= 0.3 is 0 Å². The molecule has 1 fully saturated rings. The first kappa shape index (κ1) is 37.9. The maximum atomic E-state index is 15.5. The van der Waals surface area contributed by atoms with Crippen molar-refractivity contribution in [1.82, 2.24) is 0 Å². The van der Waals surface area contributed by atoms with Crippen molar-refractivity contribution in [2.24, 2.45) is 5.92 Å². The first-order chi connectivity index (χ1) is 23.6. The lowest BCUT2D eigenvalue weighted by Crippen LogP contribution is -2.59. The molecule has 0 aliphatic carbocycles. The van der Waals surface area contributed by atoms with Crippen molar-refractivity contribution in [1.29, 1.82) is 0 Å². The van der Waals surface area contributed by atoms with E-state index in [0.717, 1.165) is 0 Å². The van der Waals surface area contributed by atoms with Crippen LogP contribution in [0, 0.1) is 122 Å². The van der Waals surface area contributed by atoms with Gasteiger partial charge in [-0.1, -0.05) is 19.3 Å². The normalized spacial score (nSPS) is 19.0. The van der Waals surface area contributed by atoms with E-state index in [0.29, 0.717) is 6.92 Å². The van der Waals surface area contributed by atoms with Crippen LogP contribution >= 0.6 is 0 Å². The highest BCUT2D eigenvalue weighted by atomic mass is 19.2. The maximum absolute atomic E-state index is 15.5. The summed E-state index contributed by atoms with van der Waals surface area (Å²) in [7, 11) is 0. The van der Waals surface area contributed by atoms with Gasteiger partial charge in [0.15, 0.2) is 106 Å². The first-order valence-corrected chi connectivity index (χ1v) is 13.9. The zero-order valence-corrected chi connectivity index (χ0v) is 24.3. The Morgan fingerprint density at radius 3 is 0.941 bits per heavy atom. The largest absolute Gasteiger partial charge is 0.207 e. The average molecular weight is 759 g/mol. The van der Waals surface area contributed by atoms with Crippen molar-refractivity contribution >= 4 is 29.8 Å². The third-order valence-electron chi connectivity index (χ3n) is 9.30. The summed E-state index contributed by atoms with van der Waals surface area (Å²) in [5.74, 6) is -64.0. The van der Waals surface area contributed by atoms with E-state index in [1.807, 2.05) is 0 Å². The molecule has 272 valence electrons. The van der Waals surface area contributed by atoms with Gasteiger partial charge in [-0.05, 0) is 16.5 Å². The molecule has 4 aromatic carbocycles. The van der Waals surface area contributed by atoms with E-state index in [1.54, 1.807) is 0 Å². The molecule has 5 rings (SSSR count). The van der Waals surface area contributed by atoms with Gasteiger partial charge in [-0.25, -0.2) is 87.8 Å². The second-order valence-electron chi connectivity index (χ2n) is 11.7. The van der Waals surface area contributed by atoms with Crippen LogP contribution in [-0.4, -0.2) is 13.4 Å². The van der Waals surface area contributed by atoms with Crippen LogP contribution in [0.4, 0.5) is 87.8 Å². The van der Waals surface area contributed by atoms with Crippen molar-refractivity contribution in [2.75, 3.05) is 0 Å². The predicted octanol–water partition coefficient (Wildman–Crippen LogP) is 7.48. The number of hydrogen-bond donors (Lipinski definition) is 0. The predicted molar refractivity (Wildman–Crippen MR) is 137 cm³/mol. The summed E-state index contributed by atoms with van der Waals surface area (Å²) in [5, 5.41) is 0. The number of halogens is 20. The molecule has 1 heterocycles. The van der Waals surface area contributed by atoms with Crippen molar-refractivity contribution in [2.45, 2.75) is 24.9 Å². The van der Waals surface area contributed by atoms with E-state index in [-0.39, 0.29) is 0 Å². The Morgan fingerprint density at radius 2 is 0.627 bits per heavy atom. The second kappa shape index (κ2) is 13.0. The lowest BCUT2D eigenvalue weighted by Gasteiger charge is -2.38. The van der Waals surface area contributed by atoms with Crippen LogP contribution in [0.25, 0.3) is 0 Å². The summed E-state index contributed by atoms with van der Waals surface area (Å²) in [6, 6.07) is 0. The molecule has 0 unspecified atom stereocenters. The first-order valence-electron chi connectivity index (χ1n) is 13.9. The third-order valence-corrected chi connectivity index (χ3v) is 9.30. The van der Waals surface area contributed by atoms with Gasteiger partial charge in [0, 0.05) is 6.71 Å². The van der Waals surface area contributed by atoms with Gasteiger partial charge in [0.25, 0.3) is 0 Å². The van der Waals surface area contributed by atoms with Crippen LogP contribution in [0.15, 0.2) is 0 Å². The summed E-state index contributed by atoms with van der Waals surface area (Å²) in [6.45, 7) is -7.57. The van der Waals surface area contributed by atoms with Crippen LogP contribution in [0.5, 0.6) is 0 Å². The fraction of sp³-hybridized carbons (Fsp3) is 0.172. The van der Waals surface area contributed by atoms with Crippen molar-refractivity contribution in [3.05, 3.63) is 122 Å². The number of rotatable bonds is 5. The van der Waals surface area contributed by atoms with Gasteiger partial charge in [0.2, 0.25) is 5.82 Å². The Bertz CT molecular complexity index is 1970. The van der Waals surface area contributed by atoms with Gasteiger partial charge in [0.1, 0.15) is 11.6 Å². The Kier molecular flexibility index (Phi) is 9.64. The SMILES string of the molecule is C[C@H]1C[C@@H](B(c2c(F)c(F)c(F)c(F)c2F)c2c(F)c(F)c(F)c(F)c2F)[B@H-](c2c(F)c(F)c(F)c(F)c2F)[C@@H]1c1c(F)c(F)c(F)c(F)c1F. The molecule has 0 aromatic heterocycles. The highest BCUT2D eigenvalue weighted by Gasteiger charge is 2.51. The van der Waals surface area contributed by atoms with Crippen molar-refractivity contribution < 1.29 is 87.8 Å². The van der Waals surface area contributed by atoms with Crippen molar-refractivity contribution in [3.63, 3.8) is 0 Å². The Morgan fingerprint density at radius 1 is 0.373 bits per heavy atom. The lowest BCUT2D eigenvalue weighted by molar-refractivity contribution is 0.363. The minimum atomic E-state index is -4.59. The molecule has 4 aromatic rings. The minimum absolute atomic E-state index is 0.656. The molecule has 0 amide bonds. The number of benzene rings is 4.